The van der Waals surface area contributed by atoms with Crippen LogP contribution < -0.4 is 0 Å². The van der Waals surface area contributed by atoms with Crippen LogP contribution in [-0.2, 0) is 6.42 Å². The van der Waals surface area contributed by atoms with Crippen LogP contribution in [0.25, 0.3) is 5.65 Å². The van der Waals surface area contributed by atoms with Gasteiger partial charge in [-0.25, -0.2) is 4.98 Å². The first-order valence-electron chi connectivity index (χ1n) is 4.77. The van der Waals surface area contributed by atoms with Crippen LogP contribution in [0.1, 0.15) is 23.9 Å². The SMILES string of the molecule is CCc1nc2c(C)cc(Br)cn2c1C. The summed E-state index contributed by atoms with van der Waals surface area (Å²) in [7, 11) is 0. The number of hydrogen-bond acceptors (Lipinski definition) is 1. The van der Waals surface area contributed by atoms with Crippen LogP contribution in [-0.4, -0.2) is 9.38 Å². The summed E-state index contributed by atoms with van der Waals surface area (Å²) >= 11 is 3.50. The summed E-state index contributed by atoms with van der Waals surface area (Å²) in [5.74, 6) is 0. The Morgan fingerprint density at radius 3 is 2.79 bits per heavy atom. The van der Waals surface area contributed by atoms with Gasteiger partial charge in [-0.15, -0.1) is 0 Å². The van der Waals surface area contributed by atoms with Gasteiger partial charge in [0.25, 0.3) is 0 Å². The van der Waals surface area contributed by atoms with E-state index >= 15 is 0 Å². The number of imidazole rings is 1. The molecule has 2 aromatic heterocycles. The van der Waals surface area contributed by atoms with Crippen molar-refractivity contribution >= 4 is 21.6 Å². The lowest BCUT2D eigenvalue weighted by atomic mass is 10.3. The Labute approximate surface area is 92.1 Å². The quantitative estimate of drug-likeness (QED) is 0.762. The highest BCUT2D eigenvalue weighted by Gasteiger charge is 2.08. The number of pyridine rings is 1. The molecule has 0 aliphatic heterocycles. The Kier molecular flexibility index (Phi) is 2.35. The molecule has 14 heavy (non-hydrogen) atoms. The van der Waals surface area contributed by atoms with Gasteiger partial charge in [0.1, 0.15) is 5.65 Å². The zero-order valence-electron chi connectivity index (χ0n) is 8.63. The third-order valence-corrected chi connectivity index (χ3v) is 2.98. The number of aryl methyl sites for hydroxylation is 3. The van der Waals surface area contributed by atoms with Crippen molar-refractivity contribution in [1.29, 1.82) is 0 Å². The van der Waals surface area contributed by atoms with Crippen molar-refractivity contribution < 1.29 is 0 Å². The van der Waals surface area contributed by atoms with Gasteiger partial charge in [-0.2, -0.15) is 0 Å². The van der Waals surface area contributed by atoms with Gasteiger partial charge >= 0.3 is 0 Å². The molecule has 0 amide bonds. The third kappa shape index (κ3) is 1.36. The van der Waals surface area contributed by atoms with E-state index in [0.717, 1.165) is 16.5 Å². The van der Waals surface area contributed by atoms with Gasteiger partial charge in [0.2, 0.25) is 0 Å². The lowest BCUT2D eigenvalue weighted by Crippen LogP contribution is -1.90. The first-order valence-corrected chi connectivity index (χ1v) is 5.56. The molecule has 2 nitrogen and oxygen atoms in total. The lowest BCUT2D eigenvalue weighted by Gasteiger charge is -2.00. The Bertz CT molecular complexity index is 485. The van der Waals surface area contributed by atoms with Crippen LogP contribution in [0.5, 0.6) is 0 Å². The highest BCUT2D eigenvalue weighted by Crippen LogP contribution is 2.20. The van der Waals surface area contributed by atoms with Gasteiger partial charge in [0, 0.05) is 16.4 Å². The minimum Gasteiger partial charge on any atom is -0.303 e. The highest BCUT2D eigenvalue weighted by molar-refractivity contribution is 9.10. The van der Waals surface area contributed by atoms with Crippen molar-refractivity contribution in [2.45, 2.75) is 27.2 Å². The molecule has 3 heteroatoms. The number of aromatic nitrogens is 2. The summed E-state index contributed by atoms with van der Waals surface area (Å²) in [6.07, 6.45) is 3.06. The predicted octanol–water partition coefficient (Wildman–Crippen LogP) is 3.28. The van der Waals surface area contributed by atoms with Crippen LogP contribution in [0.2, 0.25) is 0 Å². The maximum Gasteiger partial charge on any atom is 0.140 e. The minimum absolute atomic E-state index is 0.991. The zero-order valence-corrected chi connectivity index (χ0v) is 10.2. The van der Waals surface area contributed by atoms with Gasteiger partial charge in [0.15, 0.2) is 0 Å². The molecule has 0 unspecified atom stereocenters. The molecule has 0 saturated carbocycles. The summed E-state index contributed by atoms with van der Waals surface area (Å²) < 4.78 is 3.25. The summed E-state index contributed by atoms with van der Waals surface area (Å²) in [5, 5.41) is 0. The van der Waals surface area contributed by atoms with Crippen LogP contribution in [0.3, 0.4) is 0 Å². The molecular formula is C11H13BrN2. The first kappa shape index (κ1) is 9.71. The van der Waals surface area contributed by atoms with E-state index in [4.69, 9.17) is 0 Å². The standard InChI is InChI=1S/C11H13BrN2/c1-4-10-8(3)14-6-9(12)5-7(2)11(14)13-10/h5-6H,4H2,1-3H3. The Morgan fingerprint density at radius 1 is 1.43 bits per heavy atom. The van der Waals surface area contributed by atoms with E-state index in [1.165, 1.54) is 17.0 Å². The number of nitrogens with zero attached hydrogens (tertiary/aromatic N) is 2. The predicted molar refractivity (Wildman–Crippen MR) is 61.7 cm³/mol. The molecule has 2 aromatic rings. The molecule has 0 atom stereocenters. The molecule has 0 aliphatic carbocycles. The van der Waals surface area contributed by atoms with Gasteiger partial charge in [-0.1, -0.05) is 6.92 Å². The van der Waals surface area contributed by atoms with Crippen molar-refractivity contribution in [2.75, 3.05) is 0 Å². The molecule has 0 aliphatic rings. The molecule has 2 heterocycles. The fourth-order valence-corrected chi connectivity index (χ4v) is 2.31. The van der Waals surface area contributed by atoms with Crippen LogP contribution in [0.15, 0.2) is 16.7 Å². The normalized spacial score (nSPS) is 11.1. The summed E-state index contributed by atoms with van der Waals surface area (Å²) in [6, 6.07) is 2.10. The van der Waals surface area contributed by atoms with E-state index in [-0.39, 0.29) is 0 Å². The van der Waals surface area contributed by atoms with Gasteiger partial charge < -0.3 is 4.40 Å². The molecule has 0 spiro atoms. The van der Waals surface area contributed by atoms with Gasteiger partial charge in [-0.05, 0) is 47.8 Å². The molecule has 0 radical (unpaired) electrons. The number of halogens is 1. The van der Waals surface area contributed by atoms with Crippen molar-refractivity contribution in [3.8, 4) is 0 Å². The van der Waals surface area contributed by atoms with E-state index in [1.54, 1.807) is 0 Å². The van der Waals surface area contributed by atoms with Crippen molar-refractivity contribution in [3.05, 3.63) is 33.7 Å². The van der Waals surface area contributed by atoms with Gasteiger partial charge in [0.05, 0.1) is 5.69 Å². The molecule has 0 saturated heterocycles. The summed E-state index contributed by atoms with van der Waals surface area (Å²) in [5.41, 5.74) is 4.71. The summed E-state index contributed by atoms with van der Waals surface area (Å²) in [6.45, 7) is 6.34. The van der Waals surface area contributed by atoms with E-state index in [2.05, 4.69) is 58.3 Å². The van der Waals surface area contributed by atoms with E-state index in [1.807, 2.05) is 0 Å². The molecule has 0 fully saturated rings. The maximum absolute atomic E-state index is 4.61. The highest BCUT2D eigenvalue weighted by atomic mass is 79.9. The fourth-order valence-electron chi connectivity index (χ4n) is 1.76. The van der Waals surface area contributed by atoms with Crippen molar-refractivity contribution in [3.63, 3.8) is 0 Å². The fraction of sp³-hybridized carbons (Fsp3) is 0.364. The number of fused-ring (bicyclic) bond motifs is 1. The average molecular weight is 253 g/mol. The van der Waals surface area contributed by atoms with Gasteiger partial charge in [-0.3, -0.25) is 0 Å². The zero-order chi connectivity index (χ0) is 10.3. The Hall–Kier alpha value is -0.830. The second-order valence-corrected chi connectivity index (χ2v) is 4.45. The van der Waals surface area contributed by atoms with Crippen molar-refractivity contribution in [2.24, 2.45) is 0 Å². The molecule has 0 N–H and O–H groups in total. The Balaban J connectivity index is 2.85. The van der Waals surface area contributed by atoms with E-state index in [9.17, 15) is 0 Å². The molecule has 74 valence electrons. The van der Waals surface area contributed by atoms with Crippen LogP contribution in [0.4, 0.5) is 0 Å². The van der Waals surface area contributed by atoms with E-state index in [0.29, 0.717) is 0 Å². The van der Waals surface area contributed by atoms with E-state index < -0.39 is 0 Å². The third-order valence-electron chi connectivity index (χ3n) is 2.54. The minimum atomic E-state index is 0.991. The number of rotatable bonds is 1. The average Bonchev–Trinajstić information content (AvgIpc) is 2.44. The molecule has 2 rings (SSSR count). The first-order chi connectivity index (χ1) is 6.63. The topological polar surface area (TPSA) is 17.3 Å². The smallest absolute Gasteiger partial charge is 0.140 e. The second kappa shape index (κ2) is 3.39. The van der Waals surface area contributed by atoms with Crippen LogP contribution in [0, 0.1) is 13.8 Å². The number of hydrogen-bond donors (Lipinski definition) is 0. The Morgan fingerprint density at radius 2 is 2.14 bits per heavy atom. The molecule has 0 aromatic carbocycles. The monoisotopic (exact) mass is 252 g/mol. The lowest BCUT2D eigenvalue weighted by molar-refractivity contribution is 1.02. The largest absolute Gasteiger partial charge is 0.303 e. The molecule has 0 bridgehead atoms. The van der Waals surface area contributed by atoms with Crippen LogP contribution >= 0.6 is 15.9 Å². The maximum atomic E-state index is 4.61. The second-order valence-electron chi connectivity index (χ2n) is 3.53. The molecular weight excluding hydrogens is 240 g/mol. The summed E-state index contributed by atoms with van der Waals surface area (Å²) in [4.78, 5) is 4.61. The van der Waals surface area contributed by atoms with Crippen molar-refractivity contribution in [1.82, 2.24) is 9.38 Å².